The van der Waals surface area contributed by atoms with Crippen molar-refractivity contribution in [3.63, 3.8) is 0 Å². The molecule has 0 aliphatic carbocycles. The molecule has 0 heterocycles. The van der Waals surface area contributed by atoms with E-state index in [-0.39, 0.29) is 6.61 Å². The maximum absolute atomic E-state index is 8.11. The van der Waals surface area contributed by atoms with E-state index in [0.717, 1.165) is 12.8 Å². The van der Waals surface area contributed by atoms with Crippen molar-refractivity contribution in [3.05, 3.63) is 0 Å². The minimum atomic E-state index is -0.560. The van der Waals surface area contributed by atoms with Gasteiger partial charge in [-0.3, -0.25) is 0 Å². The summed E-state index contributed by atoms with van der Waals surface area (Å²) in [7, 11) is 0. The molecule has 0 rings (SSSR count). The first kappa shape index (κ1) is 16.3. The molecule has 0 radical (unpaired) electrons. The first-order valence-electron chi connectivity index (χ1n) is 5.42. The number of aliphatic hydroxyl groups excluding tert-OH is 2. The summed E-state index contributed by atoms with van der Waals surface area (Å²) in [6.07, 6.45) is 2.53. The van der Waals surface area contributed by atoms with Gasteiger partial charge in [0.25, 0.3) is 0 Å². The van der Waals surface area contributed by atoms with Crippen LogP contribution in [0.4, 0.5) is 0 Å². The molecule has 0 aromatic heterocycles. The van der Waals surface area contributed by atoms with Gasteiger partial charge in [0.1, 0.15) is 0 Å². The van der Waals surface area contributed by atoms with Gasteiger partial charge in [0.2, 0.25) is 0 Å². The first-order valence-corrected chi connectivity index (χ1v) is 5.42. The van der Waals surface area contributed by atoms with Crippen LogP contribution in [0.2, 0.25) is 0 Å². The van der Waals surface area contributed by atoms with Gasteiger partial charge in [-0.05, 0) is 33.6 Å². The summed E-state index contributed by atoms with van der Waals surface area (Å²) in [6.45, 7) is 9.92. The molecule has 14 heavy (non-hydrogen) atoms. The Hall–Kier alpha value is -0.120. The molecular weight excluding hydrogens is 180 g/mol. The average Bonchev–Trinajstić information content (AvgIpc) is 2.18. The van der Waals surface area contributed by atoms with Crippen molar-refractivity contribution in [3.8, 4) is 0 Å². The summed E-state index contributed by atoms with van der Waals surface area (Å²) in [5.41, 5.74) is 0. The molecule has 88 valence electrons. The fraction of sp³-hybridized carbons (Fsp3) is 1.00. The van der Waals surface area contributed by atoms with Gasteiger partial charge in [-0.25, -0.2) is 0 Å². The quantitative estimate of drug-likeness (QED) is 0.723. The number of hydrogen-bond acceptors (Lipinski definition) is 3. The Morgan fingerprint density at radius 2 is 1.29 bits per heavy atom. The van der Waals surface area contributed by atoms with Crippen LogP contribution >= 0.6 is 0 Å². The summed E-state index contributed by atoms with van der Waals surface area (Å²) < 4.78 is 5.55. The minimum Gasteiger partial charge on any atom is -0.394 e. The van der Waals surface area contributed by atoms with E-state index in [2.05, 4.69) is 27.7 Å². The molecule has 0 saturated heterocycles. The van der Waals surface area contributed by atoms with Gasteiger partial charge in [-0.15, -0.1) is 0 Å². The normalized spacial score (nSPS) is 16.5. The molecule has 3 atom stereocenters. The van der Waals surface area contributed by atoms with Crippen LogP contribution < -0.4 is 0 Å². The highest BCUT2D eigenvalue weighted by atomic mass is 16.5. The number of hydrogen-bond donors (Lipinski definition) is 2. The van der Waals surface area contributed by atoms with Crippen LogP contribution in [0.15, 0.2) is 0 Å². The molecule has 0 aromatic rings. The molecule has 0 fully saturated rings. The second-order valence-corrected chi connectivity index (χ2v) is 3.61. The zero-order valence-electron chi connectivity index (χ0n) is 10.2. The Morgan fingerprint density at radius 1 is 1.00 bits per heavy atom. The van der Waals surface area contributed by atoms with Crippen LogP contribution in [0.5, 0.6) is 0 Å². The van der Waals surface area contributed by atoms with Gasteiger partial charge in [-0.2, -0.15) is 0 Å². The highest BCUT2D eigenvalue weighted by Crippen LogP contribution is 2.03. The van der Waals surface area contributed by atoms with Crippen LogP contribution in [-0.4, -0.2) is 35.1 Å². The van der Waals surface area contributed by atoms with Crippen molar-refractivity contribution in [2.45, 2.75) is 65.8 Å². The summed E-state index contributed by atoms with van der Waals surface area (Å²) in [4.78, 5) is 0. The van der Waals surface area contributed by atoms with Crippen molar-refractivity contribution >= 4 is 0 Å². The van der Waals surface area contributed by atoms with Gasteiger partial charge in [0, 0.05) is 0 Å². The predicted molar refractivity (Wildman–Crippen MR) is 59.4 cm³/mol. The third-order valence-electron chi connectivity index (χ3n) is 1.88. The molecule has 0 aliphatic heterocycles. The van der Waals surface area contributed by atoms with Gasteiger partial charge in [0.15, 0.2) is 0 Å². The smallest absolute Gasteiger partial charge is 0.0742 e. The van der Waals surface area contributed by atoms with Crippen molar-refractivity contribution in [1.29, 1.82) is 0 Å². The largest absolute Gasteiger partial charge is 0.394 e. The second-order valence-electron chi connectivity index (χ2n) is 3.61. The van der Waals surface area contributed by atoms with Gasteiger partial charge in [-0.1, -0.05) is 13.8 Å². The van der Waals surface area contributed by atoms with E-state index < -0.39 is 6.10 Å². The van der Waals surface area contributed by atoms with Crippen molar-refractivity contribution in [1.82, 2.24) is 0 Å². The topological polar surface area (TPSA) is 49.7 Å². The molecule has 3 heteroatoms. The molecular formula is C11H26O3. The zero-order valence-corrected chi connectivity index (χ0v) is 10.2. The van der Waals surface area contributed by atoms with E-state index in [1.807, 2.05) is 0 Å². The first-order chi connectivity index (χ1) is 6.47. The lowest BCUT2D eigenvalue weighted by atomic mass is 10.3. The van der Waals surface area contributed by atoms with Crippen LogP contribution in [0.25, 0.3) is 0 Å². The SMILES string of the molecule is CC(O)CO.CCC(C)OC(C)CC. The highest BCUT2D eigenvalue weighted by Gasteiger charge is 2.02. The van der Waals surface area contributed by atoms with Gasteiger partial charge >= 0.3 is 0 Å². The molecule has 0 saturated carbocycles. The third kappa shape index (κ3) is 14.4. The Labute approximate surface area is 88.1 Å². The van der Waals surface area contributed by atoms with Gasteiger partial charge in [0.05, 0.1) is 24.9 Å². The molecule has 2 N–H and O–H groups in total. The predicted octanol–water partition coefficient (Wildman–Crippen LogP) is 1.96. The molecule has 3 unspecified atom stereocenters. The van der Waals surface area contributed by atoms with Crippen LogP contribution in [0.3, 0.4) is 0 Å². The Morgan fingerprint density at radius 3 is 1.43 bits per heavy atom. The van der Waals surface area contributed by atoms with Crippen molar-refractivity contribution in [2.24, 2.45) is 0 Å². The molecule has 0 aromatic carbocycles. The van der Waals surface area contributed by atoms with Crippen LogP contribution in [-0.2, 0) is 4.74 Å². The molecule has 0 aliphatic rings. The third-order valence-corrected chi connectivity index (χ3v) is 1.88. The summed E-state index contributed by atoms with van der Waals surface area (Å²) in [6, 6.07) is 0. The average molecular weight is 206 g/mol. The number of rotatable bonds is 5. The lowest BCUT2D eigenvalue weighted by Gasteiger charge is -2.15. The number of ether oxygens (including phenoxy) is 1. The van der Waals surface area contributed by atoms with Crippen molar-refractivity contribution < 1.29 is 14.9 Å². The summed E-state index contributed by atoms with van der Waals surface area (Å²) in [5.74, 6) is 0. The summed E-state index contributed by atoms with van der Waals surface area (Å²) in [5, 5.41) is 16.0. The fourth-order valence-corrected chi connectivity index (χ4v) is 0.589. The molecule has 0 bridgehead atoms. The van der Waals surface area contributed by atoms with Crippen LogP contribution in [0.1, 0.15) is 47.5 Å². The van der Waals surface area contributed by atoms with Gasteiger partial charge < -0.3 is 14.9 Å². The monoisotopic (exact) mass is 206 g/mol. The molecule has 3 nitrogen and oxygen atoms in total. The van der Waals surface area contributed by atoms with E-state index in [1.54, 1.807) is 0 Å². The Bertz CT molecular complexity index is 96.7. The molecule has 0 amide bonds. The zero-order chi connectivity index (χ0) is 11.6. The van der Waals surface area contributed by atoms with E-state index in [4.69, 9.17) is 14.9 Å². The van der Waals surface area contributed by atoms with E-state index >= 15 is 0 Å². The Balaban J connectivity index is 0. The lowest BCUT2D eigenvalue weighted by Crippen LogP contribution is -2.14. The Kier molecular flexibility index (Phi) is 12.8. The van der Waals surface area contributed by atoms with E-state index in [1.165, 1.54) is 6.92 Å². The lowest BCUT2D eigenvalue weighted by molar-refractivity contribution is 0.00511. The minimum absolute atomic E-state index is 0.139. The van der Waals surface area contributed by atoms with Crippen molar-refractivity contribution in [2.75, 3.05) is 6.61 Å². The van der Waals surface area contributed by atoms with E-state index in [0.29, 0.717) is 12.2 Å². The van der Waals surface area contributed by atoms with E-state index in [9.17, 15) is 0 Å². The fourth-order valence-electron chi connectivity index (χ4n) is 0.589. The summed E-state index contributed by atoms with van der Waals surface area (Å²) >= 11 is 0. The maximum Gasteiger partial charge on any atom is 0.0742 e. The maximum atomic E-state index is 8.11. The molecule has 0 spiro atoms. The highest BCUT2D eigenvalue weighted by molar-refractivity contribution is 4.50. The second kappa shape index (κ2) is 11.0. The standard InChI is InChI=1S/C8H18O.C3H8O2/c1-5-7(3)9-8(4)6-2;1-3(5)2-4/h7-8H,5-6H2,1-4H3;3-5H,2H2,1H3. The number of aliphatic hydroxyl groups is 2. The van der Waals surface area contributed by atoms with Crippen LogP contribution in [0, 0.1) is 0 Å².